The zero-order valence-corrected chi connectivity index (χ0v) is 11.8. The van der Waals surface area contributed by atoms with Crippen molar-refractivity contribution in [2.75, 3.05) is 5.73 Å². The largest absolute Gasteiger partial charge is 0.444 e. The highest BCUT2D eigenvalue weighted by Gasteiger charge is 2.20. The van der Waals surface area contributed by atoms with Crippen molar-refractivity contribution in [2.45, 2.75) is 25.3 Å². The lowest BCUT2D eigenvalue weighted by Gasteiger charge is -2.06. The van der Waals surface area contributed by atoms with Crippen LogP contribution in [0.2, 0.25) is 0 Å². The molecule has 3 N–H and O–H groups in total. The minimum Gasteiger partial charge on any atom is -0.444 e. The van der Waals surface area contributed by atoms with Gasteiger partial charge >= 0.3 is 0 Å². The third kappa shape index (κ3) is 2.97. The molecule has 8 heteroatoms. The second-order valence-corrected chi connectivity index (χ2v) is 6.00. The molecule has 0 spiro atoms. The Bertz CT molecular complexity index is 721. The van der Waals surface area contributed by atoms with E-state index in [0.29, 0.717) is 11.5 Å². The molecule has 0 aliphatic carbocycles. The standard InChI is InChI=1S/C12H14FN3O3S/c1-7-8(2)19-12(16-7)6-15-20(17,18)11-4-3-9(14)5-10(11)13/h3-5,15H,6,14H2,1-2H3. The topological polar surface area (TPSA) is 98.2 Å². The molecule has 0 unspecified atom stereocenters. The molecule has 0 saturated carbocycles. The second kappa shape index (κ2) is 5.22. The maximum Gasteiger partial charge on any atom is 0.243 e. The third-order valence-corrected chi connectivity index (χ3v) is 4.17. The van der Waals surface area contributed by atoms with Gasteiger partial charge < -0.3 is 10.2 Å². The number of rotatable bonds is 4. The van der Waals surface area contributed by atoms with Gasteiger partial charge in [0.25, 0.3) is 0 Å². The highest BCUT2D eigenvalue weighted by molar-refractivity contribution is 7.89. The molecule has 0 amide bonds. The van der Waals surface area contributed by atoms with Crippen molar-refractivity contribution < 1.29 is 17.2 Å². The normalized spacial score (nSPS) is 11.8. The fourth-order valence-electron chi connectivity index (χ4n) is 1.58. The van der Waals surface area contributed by atoms with Crippen molar-refractivity contribution in [3.63, 3.8) is 0 Å². The van der Waals surface area contributed by atoms with Crippen LogP contribution in [0.1, 0.15) is 17.3 Å². The molecule has 6 nitrogen and oxygen atoms in total. The average Bonchev–Trinajstić information content (AvgIpc) is 2.66. The average molecular weight is 299 g/mol. The van der Waals surface area contributed by atoms with E-state index in [9.17, 15) is 12.8 Å². The van der Waals surface area contributed by atoms with Crippen LogP contribution in [0.3, 0.4) is 0 Å². The molecule has 1 aromatic carbocycles. The van der Waals surface area contributed by atoms with E-state index in [1.807, 2.05) is 0 Å². The van der Waals surface area contributed by atoms with Gasteiger partial charge in [0.1, 0.15) is 16.5 Å². The summed E-state index contributed by atoms with van der Waals surface area (Å²) in [6.45, 7) is 3.32. The van der Waals surface area contributed by atoms with Gasteiger partial charge in [0.2, 0.25) is 15.9 Å². The molecule has 0 atom stereocenters. The van der Waals surface area contributed by atoms with E-state index < -0.39 is 20.7 Å². The molecule has 0 aliphatic heterocycles. The first-order valence-corrected chi connectivity index (χ1v) is 7.25. The number of anilines is 1. The summed E-state index contributed by atoms with van der Waals surface area (Å²) in [6.07, 6.45) is 0. The van der Waals surface area contributed by atoms with Crippen LogP contribution >= 0.6 is 0 Å². The Labute approximate surface area is 115 Å². The number of benzene rings is 1. The number of nitrogens with two attached hydrogens (primary N) is 1. The van der Waals surface area contributed by atoms with Crippen molar-refractivity contribution in [2.24, 2.45) is 0 Å². The number of sulfonamides is 1. The van der Waals surface area contributed by atoms with Gasteiger partial charge in [0.05, 0.1) is 12.2 Å². The predicted molar refractivity (Wildman–Crippen MR) is 70.8 cm³/mol. The van der Waals surface area contributed by atoms with E-state index >= 15 is 0 Å². The summed E-state index contributed by atoms with van der Waals surface area (Å²) in [5, 5.41) is 0. The Morgan fingerprint density at radius 3 is 2.65 bits per heavy atom. The molecule has 1 aromatic heterocycles. The molecule has 1 heterocycles. The lowest BCUT2D eigenvalue weighted by Crippen LogP contribution is -2.24. The molecule has 108 valence electrons. The van der Waals surface area contributed by atoms with E-state index in [1.54, 1.807) is 13.8 Å². The maximum absolute atomic E-state index is 13.6. The van der Waals surface area contributed by atoms with Crippen LogP contribution < -0.4 is 10.5 Å². The molecule has 0 saturated heterocycles. The number of nitrogen functional groups attached to an aromatic ring is 1. The van der Waals surface area contributed by atoms with Gasteiger partial charge in [0.15, 0.2) is 0 Å². The van der Waals surface area contributed by atoms with Gasteiger partial charge in [-0.25, -0.2) is 22.5 Å². The zero-order chi connectivity index (χ0) is 14.9. The maximum atomic E-state index is 13.6. The minimum atomic E-state index is -3.99. The Hall–Kier alpha value is -1.93. The smallest absolute Gasteiger partial charge is 0.243 e. The summed E-state index contributed by atoms with van der Waals surface area (Å²) in [4.78, 5) is 3.57. The monoisotopic (exact) mass is 299 g/mol. The lowest BCUT2D eigenvalue weighted by molar-refractivity contribution is 0.462. The molecular formula is C12H14FN3O3S. The Morgan fingerprint density at radius 2 is 2.10 bits per heavy atom. The third-order valence-electron chi connectivity index (χ3n) is 2.73. The molecule has 2 aromatic rings. The van der Waals surface area contributed by atoms with Crippen LogP contribution in [0, 0.1) is 19.7 Å². The van der Waals surface area contributed by atoms with E-state index in [1.165, 1.54) is 6.07 Å². The van der Waals surface area contributed by atoms with E-state index in [-0.39, 0.29) is 18.1 Å². The molecule has 2 rings (SSSR count). The number of aryl methyl sites for hydroxylation is 2. The van der Waals surface area contributed by atoms with Gasteiger partial charge in [-0.1, -0.05) is 0 Å². The van der Waals surface area contributed by atoms with Crippen molar-refractivity contribution in [3.8, 4) is 0 Å². The van der Waals surface area contributed by atoms with Gasteiger partial charge in [-0.05, 0) is 32.0 Å². The molecule has 20 heavy (non-hydrogen) atoms. The Kier molecular flexibility index (Phi) is 3.78. The van der Waals surface area contributed by atoms with Gasteiger partial charge in [-0.2, -0.15) is 0 Å². The molecule has 0 bridgehead atoms. The van der Waals surface area contributed by atoms with E-state index in [4.69, 9.17) is 10.2 Å². The minimum absolute atomic E-state index is 0.152. The first-order chi connectivity index (χ1) is 9.29. The van der Waals surface area contributed by atoms with Crippen molar-refractivity contribution in [3.05, 3.63) is 41.4 Å². The number of nitrogens with zero attached hydrogens (tertiary/aromatic N) is 1. The fraction of sp³-hybridized carbons (Fsp3) is 0.250. The number of nitrogens with one attached hydrogen (secondary N) is 1. The lowest BCUT2D eigenvalue weighted by atomic mass is 10.3. The summed E-state index contributed by atoms with van der Waals surface area (Å²) in [7, 11) is -3.99. The number of oxazole rings is 1. The van der Waals surface area contributed by atoms with Crippen molar-refractivity contribution in [1.82, 2.24) is 9.71 Å². The van der Waals surface area contributed by atoms with Gasteiger partial charge in [0, 0.05) is 5.69 Å². The molecular weight excluding hydrogens is 285 g/mol. The highest BCUT2D eigenvalue weighted by atomic mass is 32.2. The summed E-state index contributed by atoms with van der Waals surface area (Å²) in [5.74, 6) is -0.0745. The van der Waals surface area contributed by atoms with E-state index in [0.717, 1.165) is 12.1 Å². The number of hydrogen-bond acceptors (Lipinski definition) is 5. The Balaban J connectivity index is 2.19. The van der Waals surface area contributed by atoms with Crippen LogP contribution in [0.25, 0.3) is 0 Å². The summed E-state index contributed by atoms with van der Waals surface area (Å²) >= 11 is 0. The van der Waals surface area contributed by atoms with Crippen LogP contribution in [0.5, 0.6) is 0 Å². The second-order valence-electron chi connectivity index (χ2n) is 4.26. The zero-order valence-electron chi connectivity index (χ0n) is 11.0. The SMILES string of the molecule is Cc1nc(CNS(=O)(=O)c2ccc(N)cc2F)oc1C. The molecule has 0 aliphatic rings. The summed E-state index contributed by atoms with van der Waals surface area (Å²) in [5.41, 5.74) is 6.21. The predicted octanol–water partition coefficient (Wildman–Crippen LogP) is 1.49. The van der Waals surface area contributed by atoms with Crippen molar-refractivity contribution >= 4 is 15.7 Å². The number of aromatic nitrogens is 1. The summed E-state index contributed by atoms with van der Waals surface area (Å²) < 4.78 is 45.0. The van der Waals surface area contributed by atoms with Crippen molar-refractivity contribution in [1.29, 1.82) is 0 Å². The first-order valence-electron chi connectivity index (χ1n) is 5.77. The Morgan fingerprint density at radius 1 is 1.40 bits per heavy atom. The van der Waals surface area contributed by atoms with Crippen LogP contribution in [-0.2, 0) is 16.6 Å². The first kappa shape index (κ1) is 14.5. The fourth-order valence-corrected chi connectivity index (χ4v) is 2.62. The number of halogens is 1. The van der Waals surface area contributed by atoms with E-state index in [2.05, 4.69) is 9.71 Å². The molecule has 0 radical (unpaired) electrons. The van der Waals surface area contributed by atoms with Crippen LogP contribution in [0.4, 0.5) is 10.1 Å². The number of hydrogen-bond donors (Lipinski definition) is 2. The quantitative estimate of drug-likeness (QED) is 0.833. The molecule has 0 fully saturated rings. The highest BCUT2D eigenvalue weighted by Crippen LogP contribution is 2.17. The summed E-state index contributed by atoms with van der Waals surface area (Å²) in [6, 6.07) is 3.38. The van der Waals surface area contributed by atoms with Crippen LogP contribution in [0.15, 0.2) is 27.5 Å². The van der Waals surface area contributed by atoms with Gasteiger partial charge in [-0.15, -0.1) is 0 Å². The van der Waals surface area contributed by atoms with Crippen LogP contribution in [-0.4, -0.2) is 13.4 Å². The van der Waals surface area contributed by atoms with Gasteiger partial charge in [-0.3, -0.25) is 0 Å².